The van der Waals surface area contributed by atoms with Gasteiger partial charge in [-0.05, 0) is 35.7 Å². The quantitative estimate of drug-likeness (QED) is 0.475. The zero-order chi connectivity index (χ0) is 18.7. The molecular weight excluding hydrogens is 358 g/mol. The number of hydrogen-bond donors (Lipinski definition) is 1. The van der Waals surface area contributed by atoms with E-state index in [0.29, 0.717) is 4.88 Å². The molecule has 0 unspecified atom stereocenters. The lowest BCUT2D eigenvalue weighted by Gasteiger charge is -2.14. The van der Waals surface area contributed by atoms with Gasteiger partial charge < -0.3 is 14.6 Å². The van der Waals surface area contributed by atoms with Crippen LogP contribution in [0.3, 0.4) is 0 Å². The fourth-order valence-electron chi connectivity index (χ4n) is 2.44. The van der Waals surface area contributed by atoms with Crippen molar-refractivity contribution < 1.29 is 29.0 Å². The number of nitrogens with zero attached hydrogens (tertiary/aromatic N) is 1. The Balaban J connectivity index is 1.79. The monoisotopic (exact) mass is 373 g/mol. The normalized spacial score (nSPS) is 14.3. The summed E-state index contributed by atoms with van der Waals surface area (Å²) in [6.45, 7) is 0.416. The number of anilines is 1. The molecule has 1 aliphatic rings. The molecule has 0 atom stereocenters. The molecule has 0 spiro atoms. The number of hydrogen-bond acceptors (Lipinski definition) is 7. The van der Waals surface area contributed by atoms with Crippen molar-refractivity contribution in [2.75, 3.05) is 25.2 Å². The third-order valence-electron chi connectivity index (χ3n) is 3.71. The summed E-state index contributed by atoms with van der Waals surface area (Å²) < 4.78 is 9.80. The van der Waals surface area contributed by atoms with E-state index in [4.69, 9.17) is 9.47 Å². The first-order chi connectivity index (χ1) is 12.5. The minimum Gasteiger partial charge on any atom is -0.502 e. The number of rotatable bonds is 6. The number of amides is 2. The third-order valence-corrected chi connectivity index (χ3v) is 4.60. The molecule has 0 saturated heterocycles. The highest BCUT2D eigenvalue weighted by atomic mass is 32.1. The standard InChI is InChI=1S/C18H15NO6S/c1-24-8-9-25-18(23)11-4-6-12(7-5-11)19-16(21)14(15(20)17(19)22)13-3-2-10-26-13/h2-7,10,20H,8-9H2,1H3. The van der Waals surface area contributed by atoms with Gasteiger partial charge in [-0.3, -0.25) is 9.59 Å². The summed E-state index contributed by atoms with van der Waals surface area (Å²) in [6.07, 6.45) is 0. The number of carbonyl (C=O) groups is 3. The first kappa shape index (κ1) is 17.8. The first-order valence-corrected chi connectivity index (χ1v) is 8.54. The molecule has 1 N–H and O–H groups in total. The van der Waals surface area contributed by atoms with Crippen molar-refractivity contribution in [3.05, 3.63) is 58.0 Å². The van der Waals surface area contributed by atoms with Crippen molar-refractivity contribution in [2.24, 2.45) is 0 Å². The van der Waals surface area contributed by atoms with Crippen molar-refractivity contribution >= 4 is 40.4 Å². The summed E-state index contributed by atoms with van der Waals surface area (Å²) in [4.78, 5) is 38.2. The third kappa shape index (κ3) is 3.24. The Hall–Kier alpha value is -2.97. The second-order valence-corrected chi connectivity index (χ2v) is 6.27. The van der Waals surface area contributed by atoms with Gasteiger partial charge in [0.15, 0.2) is 5.76 Å². The van der Waals surface area contributed by atoms with Gasteiger partial charge in [-0.1, -0.05) is 6.07 Å². The van der Waals surface area contributed by atoms with E-state index < -0.39 is 23.5 Å². The van der Waals surface area contributed by atoms with E-state index in [1.165, 1.54) is 42.7 Å². The number of aliphatic hydroxyl groups excluding tert-OH is 1. The van der Waals surface area contributed by atoms with Gasteiger partial charge in [-0.2, -0.15) is 0 Å². The minimum absolute atomic E-state index is 0.0203. The largest absolute Gasteiger partial charge is 0.502 e. The number of esters is 1. The second-order valence-electron chi connectivity index (χ2n) is 5.32. The molecule has 1 aromatic carbocycles. The van der Waals surface area contributed by atoms with Gasteiger partial charge in [-0.15, -0.1) is 11.3 Å². The molecule has 0 saturated carbocycles. The van der Waals surface area contributed by atoms with Gasteiger partial charge in [0.05, 0.1) is 17.9 Å². The maximum atomic E-state index is 12.6. The molecule has 7 nitrogen and oxygen atoms in total. The van der Waals surface area contributed by atoms with Crippen LogP contribution in [0.4, 0.5) is 5.69 Å². The van der Waals surface area contributed by atoms with Gasteiger partial charge in [0.25, 0.3) is 5.91 Å². The van der Waals surface area contributed by atoms with E-state index in [9.17, 15) is 19.5 Å². The molecule has 2 amide bonds. The van der Waals surface area contributed by atoms with Crippen LogP contribution in [-0.2, 0) is 19.1 Å². The highest BCUT2D eigenvalue weighted by molar-refractivity contribution is 7.11. The Kier molecular flexibility index (Phi) is 5.15. The van der Waals surface area contributed by atoms with Gasteiger partial charge >= 0.3 is 11.9 Å². The number of thiophene rings is 1. The summed E-state index contributed by atoms with van der Waals surface area (Å²) in [5.74, 6) is -2.52. The molecule has 134 valence electrons. The van der Waals surface area contributed by atoms with Gasteiger partial charge in [0.1, 0.15) is 12.2 Å². The van der Waals surface area contributed by atoms with Gasteiger partial charge in [0, 0.05) is 12.0 Å². The van der Waals surface area contributed by atoms with Gasteiger partial charge in [0.2, 0.25) is 0 Å². The summed E-state index contributed by atoms with van der Waals surface area (Å²) >= 11 is 1.25. The average Bonchev–Trinajstić information content (AvgIpc) is 3.23. The maximum Gasteiger partial charge on any atom is 0.338 e. The van der Waals surface area contributed by atoms with Crippen molar-refractivity contribution in [3.8, 4) is 0 Å². The molecule has 0 fully saturated rings. The lowest BCUT2D eigenvalue weighted by molar-refractivity contribution is -0.121. The molecule has 2 aromatic rings. The Morgan fingerprint density at radius 1 is 1.12 bits per heavy atom. The zero-order valence-electron chi connectivity index (χ0n) is 13.8. The summed E-state index contributed by atoms with van der Waals surface area (Å²) in [5.41, 5.74) is 0.513. The minimum atomic E-state index is -0.797. The topological polar surface area (TPSA) is 93.1 Å². The predicted octanol–water partition coefficient (Wildman–Crippen LogP) is 2.39. The van der Waals surface area contributed by atoms with Crippen LogP contribution in [0.25, 0.3) is 5.57 Å². The Morgan fingerprint density at radius 3 is 2.46 bits per heavy atom. The van der Waals surface area contributed by atoms with Crippen molar-refractivity contribution in [1.82, 2.24) is 0 Å². The smallest absolute Gasteiger partial charge is 0.338 e. The molecule has 0 bridgehead atoms. The maximum absolute atomic E-state index is 12.6. The van der Waals surface area contributed by atoms with E-state index in [1.807, 2.05) is 0 Å². The highest BCUT2D eigenvalue weighted by Gasteiger charge is 2.40. The van der Waals surface area contributed by atoms with Crippen LogP contribution in [0.15, 0.2) is 47.5 Å². The Labute approximate surface area is 153 Å². The van der Waals surface area contributed by atoms with Crippen LogP contribution < -0.4 is 4.90 Å². The first-order valence-electron chi connectivity index (χ1n) is 7.66. The molecule has 3 rings (SSSR count). The molecule has 1 aliphatic heterocycles. The molecule has 26 heavy (non-hydrogen) atoms. The van der Waals surface area contributed by atoms with Gasteiger partial charge in [-0.25, -0.2) is 9.69 Å². The second kappa shape index (κ2) is 7.51. The molecule has 0 radical (unpaired) electrons. The fraction of sp³-hybridized carbons (Fsp3) is 0.167. The lowest BCUT2D eigenvalue weighted by atomic mass is 10.2. The summed E-state index contributed by atoms with van der Waals surface area (Å²) in [5, 5.41) is 11.8. The number of ether oxygens (including phenoxy) is 2. The molecule has 1 aromatic heterocycles. The number of methoxy groups -OCH3 is 1. The Morgan fingerprint density at radius 2 is 1.85 bits per heavy atom. The van der Waals surface area contributed by atoms with Crippen LogP contribution in [0.1, 0.15) is 15.2 Å². The zero-order valence-corrected chi connectivity index (χ0v) is 14.6. The van der Waals surface area contributed by atoms with Crippen molar-refractivity contribution in [1.29, 1.82) is 0 Å². The van der Waals surface area contributed by atoms with E-state index in [0.717, 1.165) is 4.90 Å². The number of aliphatic hydroxyl groups is 1. The van der Waals surface area contributed by atoms with Crippen LogP contribution in [0, 0.1) is 0 Å². The molecule has 8 heteroatoms. The number of benzene rings is 1. The number of carbonyl (C=O) groups excluding carboxylic acids is 3. The van der Waals surface area contributed by atoms with E-state index in [1.54, 1.807) is 17.5 Å². The Bertz CT molecular complexity index is 870. The van der Waals surface area contributed by atoms with E-state index >= 15 is 0 Å². The van der Waals surface area contributed by atoms with Crippen molar-refractivity contribution in [3.63, 3.8) is 0 Å². The van der Waals surface area contributed by atoms with Crippen LogP contribution in [0.2, 0.25) is 0 Å². The summed E-state index contributed by atoms with van der Waals surface area (Å²) in [7, 11) is 1.50. The molecule has 2 heterocycles. The van der Waals surface area contributed by atoms with E-state index in [-0.39, 0.29) is 30.0 Å². The van der Waals surface area contributed by atoms with Crippen LogP contribution >= 0.6 is 11.3 Å². The summed E-state index contributed by atoms with van der Waals surface area (Å²) in [6, 6.07) is 9.19. The van der Waals surface area contributed by atoms with Crippen molar-refractivity contribution in [2.45, 2.75) is 0 Å². The molecule has 0 aliphatic carbocycles. The lowest BCUT2D eigenvalue weighted by Crippen LogP contribution is -2.31. The number of imide groups is 1. The SMILES string of the molecule is COCCOC(=O)c1ccc(N2C(=O)C(O)=C(c3cccs3)C2=O)cc1. The van der Waals surface area contributed by atoms with E-state index in [2.05, 4.69) is 0 Å². The van der Waals surface area contributed by atoms with Crippen LogP contribution in [0.5, 0.6) is 0 Å². The highest BCUT2D eigenvalue weighted by Crippen LogP contribution is 2.33. The average molecular weight is 373 g/mol. The van der Waals surface area contributed by atoms with Crippen LogP contribution in [-0.4, -0.2) is 43.2 Å². The fourth-order valence-corrected chi connectivity index (χ4v) is 3.21. The molecular formula is C18H15NO6S. The predicted molar refractivity (Wildman–Crippen MR) is 95.0 cm³/mol.